The van der Waals surface area contributed by atoms with E-state index in [1.165, 1.54) is 0 Å². The standard InChI is InChI=1S/C10H13F3N4O4/c1-3-21-7(19)4-14-6(18)5-17-9(20)16(2)8(15-17)10(11,12)13/h3-5H2,1-2H3,(H,14,18). The van der Waals surface area contributed by atoms with Crippen molar-refractivity contribution >= 4 is 11.9 Å². The SMILES string of the molecule is CCOC(=O)CNC(=O)Cn1nc(C(F)(F)F)n(C)c1=O. The molecule has 8 nitrogen and oxygen atoms in total. The van der Waals surface area contributed by atoms with E-state index in [9.17, 15) is 27.6 Å². The molecule has 1 aromatic heterocycles. The number of ether oxygens (including phenoxy) is 1. The van der Waals surface area contributed by atoms with Gasteiger partial charge in [0.05, 0.1) is 6.61 Å². The Hall–Kier alpha value is -2.33. The Morgan fingerprint density at radius 1 is 1.38 bits per heavy atom. The van der Waals surface area contributed by atoms with E-state index in [2.05, 4.69) is 15.2 Å². The number of rotatable bonds is 5. The van der Waals surface area contributed by atoms with Gasteiger partial charge in [0.1, 0.15) is 13.1 Å². The van der Waals surface area contributed by atoms with E-state index in [-0.39, 0.29) is 6.61 Å². The van der Waals surface area contributed by atoms with Crippen molar-refractivity contribution in [1.82, 2.24) is 19.7 Å². The fraction of sp³-hybridized carbons (Fsp3) is 0.600. The summed E-state index contributed by atoms with van der Waals surface area (Å²) in [6, 6.07) is 0. The van der Waals surface area contributed by atoms with Crippen LogP contribution in [0, 0.1) is 0 Å². The quantitative estimate of drug-likeness (QED) is 0.724. The molecule has 1 rings (SSSR count). The first-order chi connectivity index (χ1) is 9.66. The summed E-state index contributed by atoms with van der Waals surface area (Å²) in [5, 5.41) is 5.16. The van der Waals surface area contributed by atoms with Gasteiger partial charge in [0.15, 0.2) is 0 Å². The van der Waals surface area contributed by atoms with Crippen molar-refractivity contribution in [3.8, 4) is 0 Å². The molecule has 118 valence electrons. The monoisotopic (exact) mass is 310 g/mol. The maximum absolute atomic E-state index is 12.5. The highest BCUT2D eigenvalue weighted by Gasteiger charge is 2.38. The number of carbonyl (C=O) groups is 2. The topological polar surface area (TPSA) is 95.2 Å². The summed E-state index contributed by atoms with van der Waals surface area (Å²) in [6.45, 7) is 0.526. The van der Waals surface area contributed by atoms with Gasteiger partial charge in [0, 0.05) is 7.05 Å². The maximum Gasteiger partial charge on any atom is 0.451 e. The molecule has 0 saturated carbocycles. The van der Waals surface area contributed by atoms with Gasteiger partial charge in [-0.3, -0.25) is 14.2 Å². The van der Waals surface area contributed by atoms with E-state index in [1.807, 2.05) is 0 Å². The summed E-state index contributed by atoms with van der Waals surface area (Å²) in [5.41, 5.74) is -1.09. The summed E-state index contributed by atoms with van der Waals surface area (Å²) in [4.78, 5) is 33.9. The van der Waals surface area contributed by atoms with Crippen molar-refractivity contribution in [3.63, 3.8) is 0 Å². The van der Waals surface area contributed by atoms with Crippen molar-refractivity contribution in [1.29, 1.82) is 0 Å². The molecule has 11 heteroatoms. The molecule has 1 aromatic rings. The predicted octanol–water partition coefficient (Wildman–Crippen LogP) is -0.720. The zero-order chi connectivity index (χ0) is 16.2. The molecule has 0 bridgehead atoms. The van der Waals surface area contributed by atoms with Gasteiger partial charge in [0.2, 0.25) is 11.7 Å². The molecule has 0 radical (unpaired) electrons. The van der Waals surface area contributed by atoms with Crippen LogP contribution in [0.3, 0.4) is 0 Å². The summed E-state index contributed by atoms with van der Waals surface area (Å²) >= 11 is 0. The van der Waals surface area contributed by atoms with Gasteiger partial charge >= 0.3 is 17.8 Å². The van der Waals surface area contributed by atoms with E-state index < -0.39 is 42.7 Å². The fourth-order valence-corrected chi connectivity index (χ4v) is 1.41. The minimum absolute atomic E-state index is 0.128. The summed E-state index contributed by atoms with van der Waals surface area (Å²) in [6.07, 6.45) is -4.80. The van der Waals surface area contributed by atoms with Crippen LogP contribution in [-0.2, 0) is 34.1 Å². The van der Waals surface area contributed by atoms with Crippen LogP contribution in [-0.4, -0.2) is 39.4 Å². The normalized spacial score (nSPS) is 11.3. The van der Waals surface area contributed by atoms with E-state index in [4.69, 9.17) is 0 Å². The molecule has 0 aliphatic carbocycles. The number of halogens is 3. The van der Waals surface area contributed by atoms with Crippen LogP contribution in [0.25, 0.3) is 0 Å². The minimum Gasteiger partial charge on any atom is -0.465 e. The second-order valence-corrected chi connectivity index (χ2v) is 3.90. The van der Waals surface area contributed by atoms with Crippen LogP contribution in [0.5, 0.6) is 0 Å². The summed E-state index contributed by atoms with van der Waals surface area (Å²) < 4.78 is 42.8. The van der Waals surface area contributed by atoms with Crippen LogP contribution in [0.4, 0.5) is 13.2 Å². The molecule has 0 aliphatic rings. The van der Waals surface area contributed by atoms with Crippen molar-refractivity contribution in [2.75, 3.05) is 13.2 Å². The Morgan fingerprint density at radius 3 is 2.48 bits per heavy atom. The van der Waals surface area contributed by atoms with Crippen molar-refractivity contribution in [2.45, 2.75) is 19.6 Å². The van der Waals surface area contributed by atoms with E-state index in [1.54, 1.807) is 6.92 Å². The molecule has 0 fully saturated rings. The molecule has 0 aliphatic heterocycles. The molecule has 0 atom stereocenters. The fourth-order valence-electron chi connectivity index (χ4n) is 1.41. The Kier molecular flexibility index (Phi) is 5.11. The van der Waals surface area contributed by atoms with Gasteiger partial charge in [-0.05, 0) is 6.92 Å². The van der Waals surface area contributed by atoms with Crippen LogP contribution in [0.2, 0.25) is 0 Å². The smallest absolute Gasteiger partial charge is 0.451 e. The molecule has 0 spiro atoms. The minimum atomic E-state index is -4.80. The highest BCUT2D eigenvalue weighted by molar-refractivity contribution is 5.81. The van der Waals surface area contributed by atoms with Gasteiger partial charge in [-0.25, -0.2) is 9.48 Å². The zero-order valence-electron chi connectivity index (χ0n) is 11.2. The number of alkyl halides is 3. The number of hydrogen-bond acceptors (Lipinski definition) is 5. The van der Waals surface area contributed by atoms with Gasteiger partial charge in [-0.15, -0.1) is 5.10 Å². The lowest BCUT2D eigenvalue weighted by Gasteiger charge is -2.04. The molecule has 1 heterocycles. The summed E-state index contributed by atoms with van der Waals surface area (Å²) in [7, 11) is 0.894. The van der Waals surface area contributed by atoms with E-state index in [0.29, 0.717) is 9.25 Å². The highest BCUT2D eigenvalue weighted by atomic mass is 19.4. The number of aromatic nitrogens is 3. The number of nitrogens with zero attached hydrogens (tertiary/aromatic N) is 3. The van der Waals surface area contributed by atoms with Gasteiger partial charge in [-0.1, -0.05) is 0 Å². The van der Waals surface area contributed by atoms with Crippen LogP contribution in [0.1, 0.15) is 12.7 Å². The number of hydrogen-bond donors (Lipinski definition) is 1. The average Bonchev–Trinajstić information content (AvgIpc) is 2.65. The molecule has 1 N–H and O–H groups in total. The number of carbonyl (C=O) groups excluding carboxylic acids is 2. The van der Waals surface area contributed by atoms with Crippen LogP contribution < -0.4 is 11.0 Å². The Bertz CT molecular complexity index is 590. The van der Waals surface area contributed by atoms with Crippen LogP contribution in [0.15, 0.2) is 4.79 Å². The van der Waals surface area contributed by atoms with Gasteiger partial charge in [0.25, 0.3) is 0 Å². The molecule has 0 unspecified atom stereocenters. The van der Waals surface area contributed by atoms with E-state index >= 15 is 0 Å². The van der Waals surface area contributed by atoms with Gasteiger partial charge in [-0.2, -0.15) is 13.2 Å². The molecule has 1 amide bonds. The Labute approximate surface area is 116 Å². The first-order valence-corrected chi connectivity index (χ1v) is 5.80. The first kappa shape index (κ1) is 16.7. The number of amides is 1. The molecule has 0 aromatic carbocycles. The molecule has 21 heavy (non-hydrogen) atoms. The van der Waals surface area contributed by atoms with Crippen molar-refractivity contribution in [2.24, 2.45) is 7.05 Å². The first-order valence-electron chi connectivity index (χ1n) is 5.80. The highest BCUT2D eigenvalue weighted by Crippen LogP contribution is 2.25. The predicted molar refractivity (Wildman–Crippen MR) is 62.1 cm³/mol. The third-order valence-electron chi connectivity index (χ3n) is 2.32. The summed E-state index contributed by atoms with van der Waals surface area (Å²) in [5.74, 6) is -2.95. The molecule has 0 saturated heterocycles. The largest absolute Gasteiger partial charge is 0.465 e. The van der Waals surface area contributed by atoms with Gasteiger partial charge < -0.3 is 10.1 Å². The van der Waals surface area contributed by atoms with Crippen molar-refractivity contribution < 1.29 is 27.5 Å². The third kappa shape index (κ3) is 4.33. The average molecular weight is 310 g/mol. The molecular weight excluding hydrogens is 297 g/mol. The second-order valence-electron chi connectivity index (χ2n) is 3.90. The maximum atomic E-state index is 12.5. The number of nitrogens with one attached hydrogen (secondary N) is 1. The zero-order valence-corrected chi connectivity index (χ0v) is 11.2. The molecular formula is C10H13F3N4O4. The Morgan fingerprint density at radius 2 is 2.00 bits per heavy atom. The lowest BCUT2D eigenvalue weighted by molar-refractivity contribution is -0.147. The third-order valence-corrected chi connectivity index (χ3v) is 2.32. The van der Waals surface area contributed by atoms with Crippen LogP contribution >= 0.6 is 0 Å². The number of esters is 1. The van der Waals surface area contributed by atoms with Crippen molar-refractivity contribution in [3.05, 3.63) is 16.3 Å². The second kappa shape index (κ2) is 6.41. The van der Waals surface area contributed by atoms with E-state index in [0.717, 1.165) is 7.05 Å². The lowest BCUT2D eigenvalue weighted by atomic mass is 10.5. The lowest BCUT2D eigenvalue weighted by Crippen LogP contribution is -2.36. The Balaban J connectivity index is 2.74.